The van der Waals surface area contributed by atoms with Crippen LogP contribution in [0.25, 0.3) is 6.08 Å². The van der Waals surface area contributed by atoms with Crippen molar-refractivity contribution in [1.29, 1.82) is 5.26 Å². The number of esters is 1. The molecule has 32 heavy (non-hydrogen) atoms. The topological polar surface area (TPSA) is 102 Å². The Morgan fingerprint density at radius 2 is 1.69 bits per heavy atom. The Hall–Kier alpha value is -4.37. The number of amides is 1. The molecule has 6 nitrogen and oxygen atoms in total. The third-order valence-electron chi connectivity index (χ3n) is 4.85. The minimum atomic E-state index is -0.825. The Bertz CT molecular complexity index is 1190. The van der Waals surface area contributed by atoms with E-state index < -0.39 is 11.9 Å². The molecule has 0 heterocycles. The summed E-state index contributed by atoms with van der Waals surface area (Å²) in [5.41, 5.74) is 8.05. The lowest BCUT2D eigenvalue weighted by Gasteiger charge is -2.12. The summed E-state index contributed by atoms with van der Waals surface area (Å²) in [4.78, 5) is 24.2. The second-order valence-corrected chi connectivity index (χ2v) is 6.98. The van der Waals surface area contributed by atoms with Crippen molar-refractivity contribution in [3.63, 3.8) is 0 Å². The molecule has 0 aliphatic rings. The first-order valence-corrected chi connectivity index (χ1v) is 9.95. The third kappa shape index (κ3) is 5.61. The molecule has 2 N–H and O–H groups in total. The largest absolute Gasteiger partial charge is 0.493 e. The van der Waals surface area contributed by atoms with E-state index in [4.69, 9.17) is 20.5 Å². The fourth-order valence-electron chi connectivity index (χ4n) is 3.20. The minimum Gasteiger partial charge on any atom is -0.493 e. The number of rotatable bonds is 8. The maximum absolute atomic E-state index is 12.9. The van der Waals surface area contributed by atoms with Gasteiger partial charge in [-0.15, -0.1) is 0 Å². The van der Waals surface area contributed by atoms with E-state index in [2.05, 4.69) is 12.1 Å². The zero-order chi connectivity index (χ0) is 22.9. The smallest absolute Gasteiger partial charge is 0.343 e. The number of nitrogens with zero attached hydrogens (tertiary/aromatic N) is 1. The molecule has 3 aromatic rings. The van der Waals surface area contributed by atoms with E-state index in [1.165, 1.54) is 18.7 Å². The quantitative estimate of drug-likeness (QED) is 0.253. The first-order valence-electron chi connectivity index (χ1n) is 9.95. The first-order chi connectivity index (χ1) is 15.5. The molecule has 3 aromatic carbocycles. The van der Waals surface area contributed by atoms with E-state index in [1.807, 2.05) is 30.3 Å². The highest BCUT2D eigenvalue weighted by Crippen LogP contribution is 2.30. The molecule has 0 saturated carbocycles. The Kier molecular flexibility index (Phi) is 7.39. The molecule has 0 aromatic heterocycles. The minimum absolute atomic E-state index is 0.191. The van der Waals surface area contributed by atoms with E-state index in [9.17, 15) is 9.59 Å². The number of hydrogen-bond acceptors (Lipinski definition) is 5. The maximum Gasteiger partial charge on any atom is 0.343 e. The van der Waals surface area contributed by atoms with Gasteiger partial charge in [-0.25, -0.2) is 4.79 Å². The molecule has 0 atom stereocenters. The van der Waals surface area contributed by atoms with E-state index in [-0.39, 0.29) is 17.1 Å². The predicted octanol–water partition coefficient (Wildman–Crippen LogP) is 4.09. The number of aryl methyl sites for hydroxylation is 2. The van der Waals surface area contributed by atoms with E-state index in [0.717, 1.165) is 12.0 Å². The van der Waals surface area contributed by atoms with Crippen LogP contribution in [-0.4, -0.2) is 19.0 Å². The highest BCUT2D eigenvalue weighted by atomic mass is 16.6. The summed E-state index contributed by atoms with van der Waals surface area (Å²) >= 11 is 0. The van der Waals surface area contributed by atoms with Crippen molar-refractivity contribution in [2.75, 3.05) is 7.11 Å². The Morgan fingerprint density at radius 3 is 2.38 bits per heavy atom. The molecule has 1 amide bonds. The summed E-state index contributed by atoms with van der Waals surface area (Å²) in [6, 6.07) is 23.8. The van der Waals surface area contributed by atoms with Crippen LogP contribution in [0.5, 0.6) is 11.5 Å². The molecule has 0 aliphatic carbocycles. The van der Waals surface area contributed by atoms with Crippen molar-refractivity contribution in [2.45, 2.75) is 12.8 Å². The molecule has 0 aliphatic heterocycles. The summed E-state index contributed by atoms with van der Waals surface area (Å²) < 4.78 is 10.9. The van der Waals surface area contributed by atoms with Crippen molar-refractivity contribution >= 4 is 18.0 Å². The van der Waals surface area contributed by atoms with Crippen LogP contribution in [0.15, 0.2) is 78.4 Å². The lowest BCUT2D eigenvalue weighted by molar-refractivity contribution is -0.114. The number of ether oxygens (including phenoxy) is 2. The molecule has 3 rings (SSSR count). The summed E-state index contributed by atoms with van der Waals surface area (Å²) in [5, 5.41) is 9.01. The van der Waals surface area contributed by atoms with Gasteiger partial charge in [0.25, 0.3) is 5.91 Å². The lowest BCUT2D eigenvalue weighted by Crippen LogP contribution is -2.13. The van der Waals surface area contributed by atoms with E-state index in [0.29, 0.717) is 17.5 Å². The first kappa shape index (κ1) is 22.3. The number of primary amides is 1. The average Bonchev–Trinajstić information content (AvgIpc) is 2.82. The Balaban J connectivity index is 1.80. The van der Waals surface area contributed by atoms with Crippen LogP contribution in [0.3, 0.4) is 0 Å². The highest BCUT2D eigenvalue weighted by molar-refractivity contribution is 6.00. The van der Waals surface area contributed by atoms with Crippen molar-refractivity contribution < 1.29 is 19.1 Å². The number of benzene rings is 3. The van der Waals surface area contributed by atoms with Crippen LogP contribution in [0.2, 0.25) is 0 Å². The SMILES string of the molecule is COc1cc(/C=C(\C#N)C(N)=O)ccc1OC(=O)c1ccccc1CCc1ccccc1. The number of nitriles is 1. The highest BCUT2D eigenvalue weighted by Gasteiger charge is 2.16. The normalized spacial score (nSPS) is 10.8. The van der Waals surface area contributed by atoms with Crippen LogP contribution >= 0.6 is 0 Å². The molecule has 0 spiro atoms. The van der Waals surface area contributed by atoms with Crippen molar-refractivity contribution in [3.8, 4) is 17.6 Å². The molecule has 0 unspecified atom stereocenters. The van der Waals surface area contributed by atoms with Gasteiger partial charge in [0, 0.05) is 0 Å². The van der Waals surface area contributed by atoms with Crippen LogP contribution in [0.1, 0.15) is 27.0 Å². The van der Waals surface area contributed by atoms with Crippen LogP contribution in [-0.2, 0) is 17.6 Å². The van der Waals surface area contributed by atoms with Gasteiger partial charge in [0.1, 0.15) is 11.6 Å². The van der Waals surface area contributed by atoms with Gasteiger partial charge in [0.2, 0.25) is 0 Å². The molecule has 160 valence electrons. The third-order valence-corrected chi connectivity index (χ3v) is 4.85. The molecule has 0 radical (unpaired) electrons. The number of carbonyl (C=O) groups excluding carboxylic acids is 2. The molecule has 0 bridgehead atoms. The Labute approximate surface area is 186 Å². The zero-order valence-electron chi connectivity index (χ0n) is 17.6. The fraction of sp³-hybridized carbons (Fsp3) is 0.115. The van der Waals surface area contributed by atoms with Gasteiger partial charge in [0.15, 0.2) is 11.5 Å². The maximum atomic E-state index is 12.9. The van der Waals surface area contributed by atoms with Gasteiger partial charge in [-0.05, 0) is 53.8 Å². The molecule has 6 heteroatoms. The number of hydrogen-bond donors (Lipinski definition) is 1. The second kappa shape index (κ2) is 10.6. The van der Waals surface area contributed by atoms with Crippen molar-refractivity contribution in [3.05, 3.63) is 101 Å². The number of nitrogens with two attached hydrogens (primary N) is 1. The summed E-state index contributed by atoms with van der Waals surface area (Å²) in [7, 11) is 1.44. The second-order valence-electron chi connectivity index (χ2n) is 6.98. The molecule has 0 fully saturated rings. The fourth-order valence-corrected chi connectivity index (χ4v) is 3.20. The van der Waals surface area contributed by atoms with Gasteiger partial charge in [0.05, 0.1) is 12.7 Å². The van der Waals surface area contributed by atoms with Gasteiger partial charge in [-0.1, -0.05) is 54.6 Å². The summed E-state index contributed by atoms with van der Waals surface area (Å²) in [5.74, 6) is -0.806. The lowest BCUT2D eigenvalue weighted by atomic mass is 10.00. The van der Waals surface area contributed by atoms with Crippen LogP contribution in [0.4, 0.5) is 0 Å². The standard InChI is InChI=1S/C26H22N2O4/c1-31-24-16-19(15-21(17-27)25(28)29)12-14-23(24)32-26(30)22-10-6-5-9-20(22)13-11-18-7-3-2-4-8-18/h2-10,12,14-16H,11,13H2,1H3,(H2,28,29)/b21-15+. The summed E-state index contributed by atoms with van der Waals surface area (Å²) in [6.07, 6.45) is 2.84. The molecule has 0 saturated heterocycles. The average molecular weight is 426 g/mol. The van der Waals surface area contributed by atoms with E-state index in [1.54, 1.807) is 36.4 Å². The van der Waals surface area contributed by atoms with Gasteiger partial charge in [-0.3, -0.25) is 4.79 Å². The van der Waals surface area contributed by atoms with Crippen molar-refractivity contribution in [1.82, 2.24) is 0 Å². The van der Waals surface area contributed by atoms with Gasteiger partial charge < -0.3 is 15.2 Å². The molecular formula is C26H22N2O4. The van der Waals surface area contributed by atoms with E-state index >= 15 is 0 Å². The van der Waals surface area contributed by atoms with Crippen LogP contribution < -0.4 is 15.2 Å². The van der Waals surface area contributed by atoms with Crippen molar-refractivity contribution in [2.24, 2.45) is 5.73 Å². The predicted molar refractivity (Wildman–Crippen MR) is 121 cm³/mol. The van der Waals surface area contributed by atoms with Crippen LogP contribution in [0, 0.1) is 11.3 Å². The number of carbonyl (C=O) groups is 2. The number of methoxy groups -OCH3 is 1. The zero-order valence-corrected chi connectivity index (χ0v) is 17.6. The monoisotopic (exact) mass is 426 g/mol. The summed E-state index contributed by atoms with van der Waals surface area (Å²) in [6.45, 7) is 0. The Morgan fingerprint density at radius 1 is 0.969 bits per heavy atom. The van der Waals surface area contributed by atoms with Gasteiger partial charge >= 0.3 is 5.97 Å². The van der Waals surface area contributed by atoms with Gasteiger partial charge in [-0.2, -0.15) is 5.26 Å². The molecular weight excluding hydrogens is 404 g/mol.